The van der Waals surface area contributed by atoms with Crippen LogP contribution in [0.15, 0.2) is 0 Å². The van der Waals surface area contributed by atoms with E-state index in [0.717, 1.165) is 44.9 Å². The maximum Gasteiger partial charge on any atom is 0.287 e. The van der Waals surface area contributed by atoms with E-state index in [-0.39, 0.29) is 13.0 Å². The minimum Gasteiger partial charge on any atom is -0.284 e. The Labute approximate surface area is 262 Å². The molecule has 42 heavy (non-hydrogen) atoms. The standard InChI is InChI=1S/C34H70O6S2/c1-3-5-7-9-11-13-15-17-18-19-21-23-25-27-29-31-33-40-42(38,39)34(41(35,36)37)32-30-28-26-24-22-20-16-14-12-10-8-6-4-2/h34H,3-33H2,1-2H3,(H,35,36,37). The Morgan fingerprint density at radius 1 is 0.429 bits per heavy atom. The summed E-state index contributed by atoms with van der Waals surface area (Å²) in [6.45, 7) is 4.47. The van der Waals surface area contributed by atoms with Crippen molar-refractivity contribution in [3.05, 3.63) is 0 Å². The summed E-state index contributed by atoms with van der Waals surface area (Å²) in [7, 11) is -9.08. The highest BCUT2D eigenvalue weighted by molar-refractivity contribution is 8.04. The van der Waals surface area contributed by atoms with Gasteiger partial charge in [-0.3, -0.25) is 8.74 Å². The molecule has 0 bridgehead atoms. The average Bonchev–Trinajstić information content (AvgIpc) is 2.94. The molecule has 0 heterocycles. The molecule has 0 aromatic heterocycles. The number of rotatable bonds is 34. The van der Waals surface area contributed by atoms with Gasteiger partial charge in [-0.2, -0.15) is 16.8 Å². The molecular weight excluding hydrogens is 569 g/mol. The fourth-order valence-electron chi connectivity index (χ4n) is 5.67. The molecule has 0 aliphatic rings. The molecule has 1 N–H and O–H groups in total. The lowest BCUT2D eigenvalue weighted by Crippen LogP contribution is -2.31. The van der Waals surface area contributed by atoms with E-state index in [2.05, 4.69) is 13.8 Å². The molecule has 1 unspecified atom stereocenters. The van der Waals surface area contributed by atoms with Gasteiger partial charge in [-0.15, -0.1) is 0 Å². The Balaban J connectivity index is 3.80. The fraction of sp³-hybridized carbons (Fsp3) is 1.00. The lowest BCUT2D eigenvalue weighted by Gasteiger charge is -2.15. The van der Waals surface area contributed by atoms with Gasteiger partial charge in [0.2, 0.25) is 4.58 Å². The molecule has 0 aliphatic heterocycles. The van der Waals surface area contributed by atoms with Crippen molar-refractivity contribution in [2.75, 3.05) is 6.61 Å². The van der Waals surface area contributed by atoms with E-state index in [9.17, 15) is 21.4 Å². The Hall–Kier alpha value is -0.180. The molecule has 0 amide bonds. The largest absolute Gasteiger partial charge is 0.287 e. The van der Waals surface area contributed by atoms with Crippen molar-refractivity contribution in [3.63, 3.8) is 0 Å². The lowest BCUT2D eigenvalue weighted by atomic mass is 10.0. The van der Waals surface area contributed by atoms with Gasteiger partial charge < -0.3 is 0 Å². The summed E-state index contributed by atoms with van der Waals surface area (Å²) < 4.78 is 61.4. The molecule has 8 heteroatoms. The molecule has 254 valence electrons. The van der Waals surface area contributed by atoms with Crippen LogP contribution in [0.1, 0.15) is 206 Å². The third-order valence-electron chi connectivity index (χ3n) is 8.44. The van der Waals surface area contributed by atoms with Crippen LogP contribution in [0.3, 0.4) is 0 Å². The van der Waals surface area contributed by atoms with Gasteiger partial charge in [0.15, 0.2) is 0 Å². The van der Waals surface area contributed by atoms with E-state index >= 15 is 0 Å². The van der Waals surface area contributed by atoms with Crippen molar-refractivity contribution in [1.82, 2.24) is 0 Å². The second-order valence-corrected chi connectivity index (χ2v) is 16.3. The van der Waals surface area contributed by atoms with Gasteiger partial charge in [0.1, 0.15) is 0 Å². The molecule has 0 spiro atoms. The number of hydrogen-bond donors (Lipinski definition) is 1. The molecule has 0 saturated heterocycles. The van der Waals surface area contributed by atoms with E-state index in [4.69, 9.17) is 4.18 Å². The predicted octanol–water partition coefficient (Wildman–Crippen LogP) is 11.3. The number of hydrogen-bond acceptors (Lipinski definition) is 5. The first-order chi connectivity index (χ1) is 20.3. The van der Waals surface area contributed by atoms with Gasteiger partial charge in [0, 0.05) is 0 Å². The predicted molar refractivity (Wildman–Crippen MR) is 180 cm³/mol. The van der Waals surface area contributed by atoms with E-state index in [1.807, 2.05) is 0 Å². The SMILES string of the molecule is CCCCCCCCCCCCCCCCCCOS(=O)(=O)C(CCCCCCCCCCCCCCC)S(=O)(=O)O. The van der Waals surface area contributed by atoms with Crippen LogP contribution in [0.5, 0.6) is 0 Å². The maximum atomic E-state index is 12.5. The Morgan fingerprint density at radius 3 is 0.976 bits per heavy atom. The molecule has 0 aromatic rings. The van der Waals surface area contributed by atoms with Crippen LogP contribution >= 0.6 is 0 Å². The third kappa shape index (κ3) is 27.4. The Kier molecular flexibility index (Phi) is 29.4. The van der Waals surface area contributed by atoms with Gasteiger partial charge in [-0.1, -0.05) is 194 Å². The highest BCUT2D eigenvalue weighted by atomic mass is 32.3. The molecule has 0 aromatic carbocycles. The van der Waals surface area contributed by atoms with E-state index in [1.165, 1.54) is 128 Å². The van der Waals surface area contributed by atoms with Crippen molar-refractivity contribution >= 4 is 20.2 Å². The zero-order valence-corrected chi connectivity index (χ0v) is 29.4. The minimum absolute atomic E-state index is 0.0224. The van der Waals surface area contributed by atoms with Gasteiger partial charge >= 0.3 is 0 Å². The monoisotopic (exact) mass is 638 g/mol. The summed E-state index contributed by atoms with van der Waals surface area (Å²) in [5.74, 6) is 0. The second kappa shape index (κ2) is 29.5. The molecular formula is C34H70O6S2. The van der Waals surface area contributed by atoms with Gasteiger partial charge in [-0.05, 0) is 12.8 Å². The van der Waals surface area contributed by atoms with Crippen molar-refractivity contribution in [2.45, 2.75) is 211 Å². The Bertz CT molecular complexity index is 767. The van der Waals surface area contributed by atoms with Crippen LogP contribution in [0.2, 0.25) is 0 Å². The van der Waals surface area contributed by atoms with Crippen molar-refractivity contribution in [1.29, 1.82) is 0 Å². The highest BCUT2D eigenvalue weighted by Gasteiger charge is 2.37. The van der Waals surface area contributed by atoms with Crippen LogP contribution in [0, 0.1) is 0 Å². The molecule has 1 atom stereocenters. The maximum absolute atomic E-state index is 12.5. The van der Waals surface area contributed by atoms with Crippen LogP contribution < -0.4 is 0 Å². The Morgan fingerprint density at radius 2 is 0.690 bits per heavy atom. The zero-order chi connectivity index (χ0) is 31.2. The number of unbranched alkanes of at least 4 members (excludes halogenated alkanes) is 27. The minimum atomic E-state index is -4.72. The molecule has 0 rings (SSSR count). The molecule has 0 radical (unpaired) electrons. The molecule has 0 fully saturated rings. The lowest BCUT2D eigenvalue weighted by molar-refractivity contribution is 0.302. The smallest absolute Gasteiger partial charge is 0.284 e. The van der Waals surface area contributed by atoms with Gasteiger partial charge in [0.25, 0.3) is 20.2 Å². The van der Waals surface area contributed by atoms with Crippen LogP contribution in [0.4, 0.5) is 0 Å². The molecule has 6 nitrogen and oxygen atoms in total. The summed E-state index contributed by atoms with van der Waals surface area (Å²) in [5, 5.41) is 0. The quantitative estimate of drug-likeness (QED) is 0.0428. The second-order valence-electron chi connectivity index (χ2n) is 12.6. The van der Waals surface area contributed by atoms with E-state index < -0.39 is 24.8 Å². The van der Waals surface area contributed by atoms with Crippen LogP contribution in [-0.2, 0) is 24.4 Å². The third-order valence-corrected chi connectivity index (χ3v) is 12.2. The van der Waals surface area contributed by atoms with Crippen molar-refractivity contribution in [2.24, 2.45) is 0 Å². The average molecular weight is 639 g/mol. The summed E-state index contributed by atoms with van der Waals surface area (Å²) in [6, 6.07) is 0. The van der Waals surface area contributed by atoms with E-state index in [0.29, 0.717) is 12.8 Å². The first-order valence-corrected chi connectivity index (χ1v) is 21.1. The van der Waals surface area contributed by atoms with E-state index in [1.54, 1.807) is 0 Å². The van der Waals surface area contributed by atoms with Crippen molar-refractivity contribution < 1.29 is 25.6 Å². The van der Waals surface area contributed by atoms with Crippen molar-refractivity contribution in [3.8, 4) is 0 Å². The van der Waals surface area contributed by atoms with Gasteiger partial charge in [0.05, 0.1) is 6.61 Å². The van der Waals surface area contributed by atoms with Gasteiger partial charge in [-0.25, -0.2) is 0 Å². The summed E-state index contributed by atoms with van der Waals surface area (Å²) in [6.07, 6.45) is 34.4. The molecule has 0 aliphatic carbocycles. The normalized spacial score (nSPS) is 13.1. The highest BCUT2D eigenvalue weighted by Crippen LogP contribution is 2.21. The first kappa shape index (κ1) is 41.8. The summed E-state index contributed by atoms with van der Waals surface area (Å²) in [4.78, 5) is 0. The van der Waals surface area contributed by atoms with Crippen LogP contribution in [-0.4, -0.2) is 32.6 Å². The topological polar surface area (TPSA) is 97.7 Å². The summed E-state index contributed by atoms with van der Waals surface area (Å²) >= 11 is 0. The zero-order valence-electron chi connectivity index (χ0n) is 27.8. The fourth-order valence-corrected chi connectivity index (χ4v) is 8.45. The summed E-state index contributed by atoms with van der Waals surface area (Å²) in [5.41, 5.74) is 0. The molecule has 0 saturated carbocycles. The first-order valence-electron chi connectivity index (χ1n) is 18.1. The van der Waals surface area contributed by atoms with Crippen LogP contribution in [0.25, 0.3) is 0 Å².